The van der Waals surface area contributed by atoms with Gasteiger partial charge in [0.15, 0.2) is 0 Å². The molecule has 1 fully saturated rings. The summed E-state index contributed by atoms with van der Waals surface area (Å²) < 4.78 is 15.0. The molecule has 1 aliphatic heterocycles. The van der Waals surface area contributed by atoms with E-state index in [9.17, 15) is 9.18 Å². The molecule has 1 atom stereocenters. The van der Waals surface area contributed by atoms with Gasteiger partial charge in [0.05, 0.1) is 15.2 Å². The first kappa shape index (κ1) is 16.2. The second-order valence-corrected chi connectivity index (χ2v) is 7.64. The highest BCUT2D eigenvalue weighted by Crippen LogP contribution is 2.33. The summed E-state index contributed by atoms with van der Waals surface area (Å²) in [5, 5.41) is 1.09. The van der Waals surface area contributed by atoms with Crippen molar-refractivity contribution in [3.63, 3.8) is 0 Å². The maximum Gasteiger partial charge on any atom is 0.253 e. The molecule has 0 radical (unpaired) electrons. The zero-order chi connectivity index (χ0) is 17.4. The van der Waals surface area contributed by atoms with Gasteiger partial charge in [0.2, 0.25) is 0 Å². The Bertz CT molecular complexity index is 903. The number of nitrogens with zero attached hydrogens (tertiary/aromatic N) is 2. The van der Waals surface area contributed by atoms with Crippen molar-refractivity contribution in [1.29, 1.82) is 0 Å². The monoisotopic (exact) mass is 354 g/mol. The fraction of sp³-hybridized carbons (Fsp3) is 0.300. The van der Waals surface area contributed by atoms with Gasteiger partial charge in [0, 0.05) is 24.6 Å². The Labute approximate surface area is 150 Å². The Hall–Kier alpha value is -2.27. The van der Waals surface area contributed by atoms with E-state index in [0.717, 1.165) is 29.9 Å². The third-order valence-electron chi connectivity index (χ3n) is 4.79. The van der Waals surface area contributed by atoms with Gasteiger partial charge in [-0.15, -0.1) is 11.3 Å². The predicted octanol–water partition coefficient (Wildman–Crippen LogP) is 4.76. The third kappa shape index (κ3) is 3.16. The SMILES string of the molecule is Cc1ccc(C(=O)N2CCC[C@H](c3nc4ccccc4s3)C2)cc1F. The average molecular weight is 354 g/mol. The third-order valence-corrected chi connectivity index (χ3v) is 5.99. The first-order valence-electron chi connectivity index (χ1n) is 8.53. The standard InChI is InChI=1S/C20H19FN2OS/c1-13-8-9-14(11-16(13)21)20(24)23-10-4-5-15(12-23)19-22-17-6-2-3-7-18(17)25-19/h2-3,6-9,11,15H,4-5,10,12H2,1H3/t15-/m0/s1. The fourth-order valence-corrected chi connectivity index (χ4v) is 4.43. The maximum atomic E-state index is 13.8. The molecule has 1 amide bonds. The molecule has 1 aromatic heterocycles. The number of likely N-dealkylation sites (tertiary alicyclic amines) is 1. The zero-order valence-electron chi connectivity index (χ0n) is 14.0. The van der Waals surface area contributed by atoms with Gasteiger partial charge in [-0.1, -0.05) is 18.2 Å². The summed E-state index contributed by atoms with van der Waals surface area (Å²) in [6.45, 7) is 3.07. The van der Waals surface area contributed by atoms with Crippen molar-refractivity contribution >= 4 is 27.5 Å². The molecule has 128 valence electrons. The van der Waals surface area contributed by atoms with E-state index in [2.05, 4.69) is 6.07 Å². The lowest BCUT2D eigenvalue weighted by Crippen LogP contribution is -2.39. The molecule has 2 aromatic carbocycles. The lowest BCUT2D eigenvalue weighted by molar-refractivity contribution is 0.0706. The second-order valence-electron chi connectivity index (χ2n) is 6.57. The number of benzene rings is 2. The topological polar surface area (TPSA) is 33.2 Å². The Morgan fingerprint density at radius 3 is 2.92 bits per heavy atom. The Morgan fingerprint density at radius 2 is 2.12 bits per heavy atom. The van der Waals surface area contributed by atoms with Crippen LogP contribution in [0.25, 0.3) is 10.2 Å². The normalized spacial score (nSPS) is 17.8. The number of hydrogen-bond donors (Lipinski definition) is 0. The minimum Gasteiger partial charge on any atom is -0.338 e. The maximum absolute atomic E-state index is 13.8. The van der Waals surface area contributed by atoms with Crippen LogP contribution in [0.1, 0.15) is 39.7 Å². The van der Waals surface area contributed by atoms with Crippen LogP contribution in [0.4, 0.5) is 4.39 Å². The number of aryl methyl sites for hydroxylation is 1. The molecule has 0 saturated carbocycles. The van der Waals surface area contributed by atoms with Gasteiger partial charge in [-0.2, -0.15) is 0 Å². The number of piperidine rings is 1. The van der Waals surface area contributed by atoms with E-state index in [1.165, 1.54) is 10.8 Å². The lowest BCUT2D eigenvalue weighted by atomic mass is 9.98. The van der Waals surface area contributed by atoms with Gasteiger partial charge in [0.25, 0.3) is 5.91 Å². The predicted molar refractivity (Wildman–Crippen MR) is 98.6 cm³/mol. The van der Waals surface area contributed by atoms with Gasteiger partial charge in [-0.25, -0.2) is 9.37 Å². The Kier molecular flexibility index (Phi) is 4.25. The molecule has 5 heteroatoms. The van der Waals surface area contributed by atoms with Crippen molar-refractivity contribution in [3.05, 3.63) is 64.4 Å². The molecule has 0 aliphatic carbocycles. The van der Waals surface area contributed by atoms with Crippen molar-refractivity contribution in [1.82, 2.24) is 9.88 Å². The highest BCUT2D eigenvalue weighted by molar-refractivity contribution is 7.18. The van der Waals surface area contributed by atoms with Crippen molar-refractivity contribution in [3.8, 4) is 0 Å². The Morgan fingerprint density at radius 1 is 1.28 bits per heavy atom. The molecule has 1 saturated heterocycles. The van der Waals surface area contributed by atoms with Gasteiger partial charge >= 0.3 is 0 Å². The van der Waals surface area contributed by atoms with Crippen LogP contribution in [-0.4, -0.2) is 28.9 Å². The second kappa shape index (κ2) is 6.56. The molecule has 1 aliphatic rings. The summed E-state index contributed by atoms with van der Waals surface area (Å²) in [5.74, 6) is -0.166. The number of carbonyl (C=O) groups excluding carboxylic acids is 1. The van der Waals surface area contributed by atoms with Crippen LogP contribution >= 0.6 is 11.3 Å². The van der Waals surface area contributed by atoms with Crippen molar-refractivity contribution < 1.29 is 9.18 Å². The molecule has 0 N–H and O–H groups in total. The molecular weight excluding hydrogens is 335 g/mol. The number of halogens is 1. The lowest BCUT2D eigenvalue weighted by Gasteiger charge is -2.32. The van der Waals surface area contributed by atoms with Crippen LogP contribution in [0.2, 0.25) is 0 Å². The molecule has 0 spiro atoms. The summed E-state index contributed by atoms with van der Waals surface area (Å²) in [6, 6.07) is 12.8. The zero-order valence-corrected chi connectivity index (χ0v) is 14.9. The summed E-state index contributed by atoms with van der Waals surface area (Å²) >= 11 is 1.71. The number of para-hydroxylation sites is 1. The molecule has 2 heterocycles. The molecule has 3 nitrogen and oxygen atoms in total. The van der Waals surface area contributed by atoms with Crippen molar-refractivity contribution in [2.45, 2.75) is 25.7 Å². The van der Waals surface area contributed by atoms with Crippen LogP contribution in [0.5, 0.6) is 0 Å². The van der Waals surface area contributed by atoms with Crippen molar-refractivity contribution in [2.75, 3.05) is 13.1 Å². The van der Waals surface area contributed by atoms with E-state index in [0.29, 0.717) is 17.7 Å². The first-order valence-corrected chi connectivity index (χ1v) is 9.34. The quantitative estimate of drug-likeness (QED) is 0.664. The van der Waals surface area contributed by atoms with E-state index >= 15 is 0 Å². The van der Waals surface area contributed by atoms with Crippen molar-refractivity contribution in [2.24, 2.45) is 0 Å². The molecule has 0 bridgehead atoms. The molecule has 3 aromatic rings. The van der Waals surface area contributed by atoms with Gasteiger partial charge < -0.3 is 4.90 Å². The molecule has 4 rings (SSSR count). The number of hydrogen-bond acceptors (Lipinski definition) is 3. The fourth-order valence-electron chi connectivity index (χ4n) is 3.34. The van der Waals surface area contributed by atoms with Gasteiger partial charge in [0.1, 0.15) is 5.82 Å². The molecule has 25 heavy (non-hydrogen) atoms. The van der Waals surface area contributed by atoms with Crippen LogP contribution in [-0.2, 0) is 0 Å². The number of thiazole rings is 1. The van der Waals surface area contributed by atoms with Crippen LogP contribution in [0.15, 0.2) is 42.5 Å². The summed E-state index contributed by atoms with van der Waals surface area (Å²) in [7, 11) is 0. The number of carbonyl (C=O) groups is 1. The highest BCUT2D eigenvalue weighted by Gasteiger charge is 2.27. The average Bonchev–Trinajstić information content (AvgIpc) is 3.08. The van der Waals surface area contributed by atoms with Crippen LogP contribution in [0.3, 0.4) is 0 Å². The summed E-state index contributed by atoms with van der Waals surface area (Å²) in [4.78, 5) is 19.3. The summed E-state index contributed by atoms with van der Waals surface area (Å²) in [5.41, 5.74) is 2.00. The molecule has 0 unspecified atom stereocenters. The number of amides is 1. The molecular formula is C20H19FN2OS. The van der Waals surface area contributed by atoms with Gasteiger partial charge in [-0.3, -0.25) is 4.79 Å². The number of rotatable bonds is 2. The smallest absolute Gasteiger partial charge is 0.253 e. The first-order chi connectivity index (χ1) is 12.1. The van der Waals surface area contributed by atoms with Crippen LogP contribution < -0.4 is 0 Å². The van der Waals surface area contributed by atoms with E-state index in [1.807, 2.05) is 23.1 Å². The van der Waals surface area contributed by atoms with E-state index in [4.69, 9.17) is 4.98 Å². The van der Waals surface area contributed by atoms with E-state index in [1.54, 1.807) is 30.4 Å². The van der Waals surface area contributed by atoms with Gasteiger partial charge in [-0.05, 0) is 49.6 Å². The minimum absolute atomic E-state index is 0.0929. The largest absolute Gasteiger partial charge is 0.338 e. The van der Waals surface area contributed by atoms with Crippen LogP contribution in [0, 0.1) is 12.7 Å². The minimum atomic E-state index is -0.328. The van der Waals surface area contributed by atoms with E-state index < -0.39 is 0 Å². The summed E-state index contributed by atoms with van der Waals surface area (Å²) in [6.07, 6.45) is 1.98. The highest BCUT2D eigenvalue weighted by atomic mass is 32.1. The Balaban J connectivity index is 1.55. The van der Waals surface area contributed by atoms with E-state index in [-0.39, 0.29) is 17.6 Å². The number of aromatic nitrogens is 1. The number of fused-ring (bicyclic) bond motifs is 1.